The number of hydrogen-bond acceptors (Lipinski definition) is 4. The van der Waals surface area contributed by atoms with E-state index in [9.17, 15) is 8.42 Å². The molecule has 2 aliphatic rings. The highest BCUT2D eigenvalue weighted by atomic mass is 32.2. The molecule has 2 saturated carbocycles. The molecule has 8 heteroatoms. The van der Waals surface area contributed by atoms with Crippen molar-refractivity contribution in [1.29, 1.82) is 0 Å². The first kappa shape index (κ1) is 21.9. The van der Waals surface area contributed by atoms with Crippen molar-refractivity contribution in [3.8, 4) is 5.75 Å². The van der Waals surface area contributed by atoms with Crippen molar-refractivity contribution in [2.45, 2.75) is 45.6 Å². The maximum atomic E-state index is 12.1. The number of guanidine groups is 1. The molecule has 0 saturated heterocycles. The van der Waals surface area contributed by atoms with Gasteiger partial charge < -0.3 is 15.4 Å². The predicted molar refractivity (Wildman–Crippen MR) is 117 cm³/mol. The van der Waals surface area contributed by atoms with E-state index in [1.807, 2.05) is 0 Å². The number of aliphatic imine (C=N–C) groups is 1. The number of benzene rings is 1. The fourth-order valence-electron chi connectivity index (χ4n) is 3.15. The minimum absolute atomic E-state index is 0.0285. The van der Waals surface area contributed by atoms with Crippen molar-refractivity contribution < 1.29 is 13.2 Å². The fourth-order valence-corrected chi connectivity index (χ4v) is 4.16. The molecule has 0 radical (unpaired) electrons. The summed E-state index contributed by atoms with van der Waals surface area (Å²) in [6.45, 7) is 4.26. The Hall–Kier alpha value is -1.80. The Morgan fingerprint density at radius 2 is 1.97 bits per heavy atom. The Morgan fingerprint density at radius 3 is 2.62 bits per heavy atom. The second-order valence-electron chi connectivity index (χ2n) is 8.18. The second-order valence-corrected chi connectivity index (χ2v) is 10.1. The van der Waals surface area contributed by atoms with Crippen LogP contribution in [0.25, 0.3) is 0 Å². The average molecular weight is 423 g/mol. The summed E-state index contributed by atoms with van der Waals surface area (Å²) in [6.07, 6.45) is 5.98. The minimum atomic E-state index is -3.26. The summed E-state index contributed by atoms with van der Waals surface area (Å²) >= 11 is 0. The van der Waals surface area contributed by atoms with Gasteiger partial charge in [0, 0.05) is 32.2 Å². The second kappa shape index (κ2) is 10.3. The lowest BCUT2D eigenvalue weighted by Gasteiger charge is -2.25. The van der Waals surface area contributed by atoms with Crippen molar-refractivity contribution in [3.05, 3.63) is 29.3 Å². The van der Waals surface area contributed by atoms with Gasteiger partial charge in [0.2, 0.25) is 10.0 Å². The van der Waals surface area contributed by atoms with E-state index in [0.29, 0.717) is 37.4 Å². The van der Waals surface area contributed by atoms with Crippen LogP contribution >= 0.6 is 0 Å². The average Bonchev–Trinajstić information content (AvgIpc) is 3.47. The zero-order valence-corrected chi connectivity index (χ0v) is 18.4. The number of hydrogen-bond donors (Lipinski definition) is 3. The van der Waals surface area contributed by atoms with Crippen LogP contribution in [0.3, 0.4) is 0 Å². The molecule has 162 valence electrons. The molecule has 0 amide bonds. The monoisotopic (exact) mass is 422 g/mol. The van der Waals surface area contributed by atoms with Crippen molar-refractivity contribution in [2.24, 2.45) is 16.8 Å². The van der Waals surface area contributed by atoms with Crippen LogP contribution in [-0.4, -0.2) is 46.9 Å². The fraction of sp³-hybridized carbons (Fsp3) is 0.667. The lowest BCUT2D eigenvalue weighted by Crippen LogP contribution is -2.41. The van der Waals surface area contributed by atoms with Crippen molar-refractivity contribution in [2.75, 3.05) is 32.5 Å². The molecule has 3 rings (SSSR count). The maximum absolute atomic E-state index is 12.1. The van der Waals surface area contributed by atoms with Gasteiger partial charge in [-0.3, -0.25) is 4.99 Å². The maximum Gasteiger partial charge on any atom is 0.213 e. The van der Waals surface area contributed by atoms with Crippen LogP contribution in [0.5, 0.6) is 5.75 Å². The van der Waals surface area contributed by atoms with Gasteiger partial charge in [-0.1, -0.05) is 18.6 Å². The molecule has 1 aromatic rings. The molecule has 0 bridgehead atoms. The Labute approximate surface area is 174 Å². The molecule has 7 nitrogen and oxygen atoms in total. The molecule has 0 spiro atoms. The Balaban J connectivity index is 1.42. The van der Waals surface area contributed by atoms with E-state index < -0.39 is 10.0 Å². The quantitative estimate of drug-likeness (QED) is 0.375. The Kier molecular flexibility index (Phi) is 7.77. The van der Waals surface area contributed by atoms with Crippen molar-refractivity contribution in [3.63, 3.8) is 0 Å². The SMILES string of the molecule is CN=C(NCCS(=O)(=O)NCC1CCC1)NCc1ccc(C)cc1OCC1CC1. The highest BCUT2D eigenvalue weighted by Crippen LogP contribution is 2.30. The molecule has 2 aliphatic carbocycles. The van der Waals surface area contributed by atoms with Crippen molar-refractivity contribution in [1.82, 2.24) is 15.4 Å². The van der Waals surface area contributed by atoms with Crippen LogP contribution in [0.4, 0.5) is 0 Å². The third kappa shape index (κ3) is 7.51. The highest BCUT2D eigenvalue weighted by molar-refractivity contribution is 7.89. The van der Waals surface area contributed by atoms with Gasteiger partial charge >= 0.3 is 0 Å². The largest absolute Gasteiger partial charge is 0.493 e. The predicted octanol–water partition coefficient (Wildman–Crippen LogP) is 2.17. The molecular formula is C21H34N4O3S. The van der Waals surface area contributed by atoms with Gasteiger partial charge in [-0.15, -0.1) is 0 Å². The standard InChI is InChI=1S/C21H34N4O3S/c1-16-6-9-19(20(12-16)28-15-18-7-8-18)14-24-21(22-2)23-10-11-29(26,27)25-13-17-4-3-5-17/h6,9,12,17-18,25H,3-5,7-8,10-11,13-15H2,1-2H3,(H2,22,23,24). The van der Waals surface area contributed by atoms with E-state index in [0.717, 1.165) is 30.8 Å². The molecule has 0 unspecified atom stereocenters. The summed E-state index contributed by atoms with van der Waals surface area (Å²) in [7, 11) is -1.58. The normalized spacial score (nSPS) is 17.7. The van der Waals surface area contributed by atoms with Gasteiger partial charge in [-0.2, -0.15) is 0 Å². The van der Waals surface area contributed by atoms with Crippen LogP contribution in [0.1, 0.15) is 43.2 Å². The molecule has 0 aromatic heterocycles. The molecular weight excluding hydrogens is 388 g/mol. The zero-order valence-electron chi connectivity index (χ0n) is 17.5. The lowest BCUT2D eigenvalue weighted by atomic mass is 9.86. The molecule has 2 fully saturated rings. The summed E-state index contributed by atoms with van der Waals surface area (Å²) in [6, 6.07) is 6.19. The van der Waals surface area contributed by atoms with Gasteiger partial charge in [0.25, 0.3) is 0 Å². The molecule has 0 heterocycles. The zero-order chi connectivity index (χ0) is 20.7. The van der Waals surface area contributed by atoms with Crippen LogP contribution in [0, 0.1) is 18.8 Å². The number of aryl methyl sites for hydroxylation is 1. The first-order chi connectivity index (χ1) is 13.9. The minimum Gasteiger partial charge on any atom is -0.493 e. The van der Waals surface area contributed by atoms with E-state index in [-0.39, 0.29) is 5.75 Å². The van der Waals surface area contributed by atoms with Gasteiger partial charge in [-0.05, 0) is 56.1 Å². The van der Waals surface area contributed by atoms with Gasteiger partial charge in [-0.25, -0.2) is 13.1 Å². The summed E-state index contributed by atoms with van der Waals surface area (Å²) in [4.78, 5) is 4.19. The van der Waals surface area contributed by atoms with Gasteiger partial charge in [0.1, 0.15) is 5.75 Å². The van der Waals surface area contributed by atoms with Gasteiger partial charge in [0.15, 0.2) is 5.96 Å². The van der Waals surface area contributed by atoms with E-state index in [4.69, 9.17) is 4.74 Å². The lowest BCUT2D eigenvalue weighted by molar-refractivity contribution is 0.296. The Bertz CT molecular complexity index is 802. The first-order valence-electron chi connectivity index (χ1n) is 10.6. The first-order valence-corrected chi connectivity index (χ1v) is 12.2. The molecule has 0 aliphatic heterocycles. The number of rotatable bonds is 11. The van der Waals surface area contributed by atoms with Crippen LogP contribution in [0.2, 0.25) is 0 Å². The summed E-state index contributed by atoms with van der Waals surface area (Å²) in [5, 5.41) is 6.33. The smallest absolute Gasteiger partial charge is 0.213 e. The third-order valence-corrected chi connectivity index (χ3v) is 6.89. The van der Waals surface area contributed by atoms with E-state index >= 15 is 0 Å². The van der Waals surface area contributed by atoms with E-state index in [2.05, 4.69) is 45.5 Å². The highest BCUT2D eigenvalue weighted by Gasteiger charge is 2.22. The summed E-state index contributed by atoms with van der Waals surface area (Å²) in [5.74, 6) is 2.72. The third-order valence-electron chi connectivity index (χ3n) is 5.54. The molecule has 3 N–H and O–H groups in total. The number of nitrogens with zero attached hydrogens (tertiary/aromatic N) is 1. The number of nitrogens with one attached hydrogen (secondary N) is 3. The van der Waals surface area contributed by atoms with Crippen LogP contribution in [-0.2, 0) is 16.6 Å². The van der Waals surface area contributed by atoms with Crippen molar-refractivity contribution >= 4 is 16.0 Å². The Morgan fingerprint density at radius 1 is 1.17 bits per heavy atom. The van der Waals surface area contributed by atoms with E-state index in [1.165, 1.54) is 24.8 Å². The summed E-state index contributed by atoms with van der Waals surface area (Å²) < 4.78 is 32.9. The number of sulfonamides is 1. The van der Waals surface area contributed by atoms with Gasteiger partial charge in [0.05, 0.1) is 12.4 Å². The van der Waals surface area contributed by atoms with Crippen LogP contribution in [0.15, 0.2) is 23.2 Å². The topological polar surface area (TPSA) is 91.8 Å². The van der Waals surface area contributed by atoms with E-state index in [1.54, 1.807) is 7.05 Å². The van der Waals surface area contributed by atoms with Crippen LogP contribution < -0.4 is 20.1 Å². The summed E-state index contributed by atoms with van der Waals surface area (Å²) in [5.41, 5.74) is 2.23. The molecule has 0 atom stereocenters. The number of ether oxygens (including phenoxy) is 1. The molecule has 1 aromatic carbocycles. The molecule has 29 heavy (non-hydrogen) atoms.